The third-order valence-electron chi connectivity index (χ3n) is 5.07. The quantitative estimate of drug-likeness (QED) is 0.765. The maximum atomic E-state index is 12.1. The molecule has 0 amide bonds. The summed E-state index contributed by atoms with van der Waals surface area (Å²) in [6.07, 6.45) is -0.604. The molecule has 1 aromatic heterocycles. The molecule has 2 bridgehead atoms. The molecule has 2 aliphatic rings. The van der Waals surface area contributed by atoms with Crippen molar-refractivity contribution in [2.45, 2.75) is 45.3 Å². The number of nitrogens with zero attached hydrogens (tertiary/aromatic N) is 3. The zero-order valence-corrected chi connectivity index (χ0v) is 15.8. The Kier molecular flexibility index (Phi) is 4.42. The largest absolute Gasteiger partial charge is 0.486 e. The molecule has 0 saturated carbocycles. The minimum absolute atomic E-state index is 0.0655. The first-order valence-electron chi connectivity index (χ1n) is 8.58. The zero-order valence-electron chi connectivity index (χ0n) is 15.0. The number of ether oxygens (including phenoxy) is 3. The van der Waals surface area contributed by atoms with Crippen LogP contribution in [-0.4, -0.2) is 39.1 Å². The number of aromatic nitrogens is 3. The second kappa shape index (κ2) is 6.61. The van der Waals surface area contributed by atoms with Crippen LogP contribution in [0.3, 0.4) is 0 Å². The van der Waals surface area contributed by atoms with E-state index in [0.717, 1.165) is 5.75 Å². The fourth-order valence-corrected chi connectivity index (χ4v) is 3.54. The minimum Gasteiger partial charge on any atom is -0.486 e. The molecule has 2 aliphatic heterocycles. The second-order valence-electron chi connectivity index (χ2n) is 6.81. The van der Waals surface area contributed by atoms with E-state index < -0.39 is 6.29 Å². The molecule has 138 valence electrons. The van der Waals surface area contributed by atoms with Gasteiger partial charge in [-0.3, -0.25) is 4.79 Å². The molecule has 4 rings (SSSR count). The monoisotopic (exact) mass is 375 g/mol. The van der Waals surface area contributed by atoms with Crippen molar-refractivity contribution < 1.29 is 19.0 Å². The molecule has 0 radical (unpaired) electrons. The Morgan fingerprint density at radius 2 is 2.15 bits per heavy atom. The normalized spacial score (nSPS) is 24.9. The van der Waals surface area contributed by atoms with Crippen LogP contribution in [0.1, 0.15) is 29.4 Å². The van der Waals surface area contributed by atoms with Gasteiger partial charge in [-0.25, -0.2) is 4.68 Å². The highest BCUT2D eigenvalue weighted by Gasteiger charge is 2.45. The van der Waals surface area contributed by atoms with Crippen molar-refractivity contribution in [3.8, 4) is 5.75 Å². The van der Waals surface area contributed by atoms with Gasteiger partial charge in [0.05, 0.1) is 12.6 Å². The van der Waals surface area contributed by atoms with Crippen molar-refractivity contribution in [1.82, 2.24) is 14.3 Å². The van der Waals surface area contributed by atoms with E-state index in [1.807, 2.05) is 29.8 Å². The van der Waals surface area contributed by atoms with Gasteiger partial charge in [0.15, 0.2) is 16.4 Å². The van der Waals surface area contributed by atoms with Gasteiger partial charge in [-0.1, -0.05) is 6.07 Å². The van der Waals surface area contributed by atoms with E-state index in [-0.39, 0.29) is 17.9 Å². The lowest BCUT2D eigenvalue weighted by Gasteiger charge is -2.26. The third kappa shape index (κ3) is 2.98. The molecule has 8 heteroatoms. The van der Waals surface area contributed by atoms with Gasteiger partial charge in [-0.2, -0.15) is 5.10 Å². The Balaban J connectivity index is 1.55. The van der Waals surface area contributed by atoms with Crippen LogP contribution in [0.15, 0.2) is 18.2 Å². The Bertz CT molecular complexity index is 920. The molecule has 0 N–H and O–H groups in total. The van der Waals surface area contributed by atoms with Gasteiger partial charge in [0.1, 0.15) is 18.5 Å². The van der Waals surface area contributed by atoms with E-state index >= 15 is 0 Å². The highest BCUT2D eigenvalue weighted by atomic mass is 32.1. The molecule has 3 heterocycles. The summed E-state index contributed by atoms with van der Waals surface area (Å²) in [5.41, 5.74) is 2.40. The lowest BCUT2D eigenvalue weighted by Crippen LogP contribution is -2.37. The topological polar surface area (TPSA) is 67.5 Å². The summed E-state index contributed by atoms with van der Waals surface area (Å²) in [5.74, 6) is 1.42. The number of rotatable bonds is 4. The predicted octanol–water partition coefficient (Wildman–Crippen LogP) is 2.40. The maximum absolute atomic E-state index is 12.1. The number of carbonyl (C=O) groups excluding carboxylic acids is 1. The molecule has 26 heavy (non-hydrogen) atoms. The number of carbonyl (C=O) groups is 1. The van der Waals surface area contributed by atoms with Gasteiger partial charge in [0.25, 0.3) is 0 Å². The summed E-state index contributed by atoms with van der Waals surface area (Å²) >= 11 is 5.52. The van der Waals surface area contributed by atoms with Crippen LogP contribution in [-0.2, 0) is 27.9 Å². The van der Waals surface area contributed by atoms with Crippen molar-refractivity contribution in [3.05, 3.63) is 39.9 Å². The Morgan fingerprint density at radius 1 is 1.35 bits per heavy atom. The van der Waals surface area contributed by atoms with Crippen LogP contribution in [0, 0.1) is 18.6 Å². The summed E-state index contributed by atoms with van der Waals surface area (Å²) in [5, 5.41) is 4.60. The zero-order chi connectivity index (χ0) is 18.4. The molecule has 3 atom stereocenters. The summed E-state index contributed by atoms with van der Waals surface area (Å²) < 4.78 is 20.9. The summed E-state index contributed by atoms with van der Waals surface area (Å²) in [6, 6.07) is 5.74. The lowest BCUT2D eigenvalue weighted by molar-refractivity contribution is -0.156. The number of benzene rings is 1. The Labute approximate surface area is 156 Å². The van der Waals surface area contributed by atoms with Gasteiger partial charge in [0.2, 0.25) is 6.29 Å². The molecular formula is C18H21N3O4S. The first-order valence-corrected chi connectivity index (χ1v) is 8.99. The van der Waals surface area contributed by atoms with Crippen LogP contribution in [0.4, 0.5) is 0 Å². The van der Waals surface area contributed by atoms with Crippen LogP contribution in [0.25, 0.3) is 0 Å². The van der Waals surface area contributed by atoms with E-state index in [0.29, 0.717) is 30.2 Å². The van der Waals surface area contributed by atoms with E-state index in [4.69, 9.17) is 26.4 Å². The fourth-order valence-electron chi connectivity index (χ4n) is 3.26. The summed E-state index contributed by atoms with van der Waals surface area (Å²) in [4.78, 5) is 12.1. The van der Waals surface area contributed by atoms with Crippen molar-refractivity contribution in [2.24, 2.45) is 7.05 Å². The summed E-state index contributed by atoms with van der Waals surface area (Å²) in [7, 11) is 1.85. The number of aryl methyl sites for hydroxylation is 2. The number of fused-ring (bicyclic) bond motifs is 2. The smallest absolute Gasteiger partial charge is 0.218 e. The molecule has 2 fully saturated rings. The number of hydrogen-bond acceptors (Lipinski definition) is 6. The third-order valence-corrected chi connectivity index (χ3v) is 5.53. The lowest BCUT2D eigenvalue weighted by atomic mass is 10.0. The SMILES string of the molecule is Cc1ccc(OCc2nn([C@H]3CC(=O)[C@H]4OC[C@@H]3O4)c(=S)n2C)cc1C. The first kappa shape index (κ1) is 17.4. The van der Waals surface area contributed by atoms with Crippen LogP contribution >= 0.6 is 12.2 Å². The van der Waals surface area contributed by atoms with Crippen LogP contribution < -0.4 is 4.74 Å². The number of Topliss-reactive ketones (excluding diaryl/α,β-unsaturated/α-hetero) is 1. The molecular weight excluding hydrogens is 354 g/mol. The second-order valence-corrected chi connectivity index (χ2v) is 7.18. The van der Waals surface area contributed by atoms with Crippen LogP contribution in [0.2, 0.25) is 0 Å². The van der Waals surface area contributed by atoms with E-state index in [9.17, 15) is 4.79 Å². The van der Waals surface area contributed by atoms with Crippen LogP contribution in [0.5, 0.6) is 5.75 Å². The highest BCUT2D eigenvalue weighted by Crippen LogP contribution is 2.33. The predicted molar refractivity (Wildman–Crippen MR) is 95.6 cm³/mol. The van der Waals surface area contributed by atoms with Crippen molar-refractivity contribution in [2.75, 3.05) is 6.61 Å². The van der Waals surface area contributed by atoms with Crippen molar-refractivity contribution >= 4 is 18.0 Å². The van der Waals surface area contributed by atoms with Gasteiger partial charge < -0.3 is 18.8 Å². The van der Waals surface area contributed by atoms with Gasteiger partial charge >= 0.3 is 0 Å². The molecule has 7 nitrogen and oxygen atoms in total. The highest BCUT2D eigenvalue weighted by molar-refractivity contribution is 7.71. The first-order chi connectivity index (χ1) is 12.4. The van der Waals surface area contributed by atoms with Crippen molar-refractivity contribution in [3.63, 3.8) is 0 Å². The molecule has 1 aromatic carbocycles. The van der Waals surface area contributed by atoms with E-state index in [1.165, 1.54) is 11.1 Å². The average molecular weight is 375 g/mol. The van der Waals surface area contributed by atoms with E-state index in [1.54, 1.807) is 4.68 Å². The fraction of sp³-hybridized carbons (Fsp3) is 0.500. The minimum atomic E-state index is -0.721. The molecule has 2 aromatic rings. The standard InChI is InChI=1S/C18H21N3O4S/c1-10-4-5-12(6-11(10)2)23-9-16-19-21(18(26)20(16)3)13-7-14(22)17-24-8-15(13)25-17/h4-6,13,15,17H,7-9H2,1-3H3/t13-,15-,17-/m0/s1. The average Bonchev–Trinajstić information content (AvgIpc) is 3.17. The van der Waals surface area contributed by atoms with Gasteiger partial charge in [-0.05, 0) is 49.3 Å². The molecule has 0 unspecified atom stereocenters. The number of hydrogen-bond donors (Lipinski definition) is 0. The molecule has 0 spiro atoms. The van der Waals surface area contributed by atoms with Crippen molar-refractivity contribution in [1.29, 1.82) is 0 Å². The Hall–Kier alpha value is -2.03. The van der Waals surface area contributed by atoms with Gasteiger partial charge in [-0.15, -0.1) is 0 Å². The van der Waals surface area contributed by atoms with Gasteiger partial charge in [0, 0.05) is 13.5 Å². The maximum Gasteiger partial charge on any atom is 0.218 e. The molecule has 2 saturated heterocycles. The van der Waals surface area contributed by atoms with E-state index in [2.05, 4.69) is 18.9 Å². The Morgan fingerprint density at radius 3 is 2.92 bits per heavy atom. The molecule has 0 aliphatic carbocycles. The summed E-state index contributed by atoms with van der Waals surface area (Å²) in [6.45, 7) is 4.79. The number of ketones is 1.